The molecule has 3 aromatic rings. The van der Waals surface area contributed by atoms with Crippen molar-refractivity contribution in [3.05, 3.63) is 58.8 Å². The summed E-state index contributed by atoms with van der Waals surface area (Å²) < 4.78 is 14.2. The van der Waals surface area contributed by atoms with Crippen LogP contribution in [0.5, 0.6) is 0 Å². The monoisotopic (exact) mass is 274 g/mol. The zero-order valence-corrected chi connectivity index (χ0v) is 9.96. The molecule has 2 heteroatoms. The summed E-state index contributed by atoms with van der Waals surface area (Å²) >= 11 is 3.55. The standard InChI is InChI=1S/C14H8BrF/c15-14-12-4-2-1-3-9(12)7-10-5-6-11(16)8-13(10)14/h1-8H. The molecular weight excluding hydrogens is 267 g/mol. The van der Waals surface area contributed by atoms with E-state index < -0.39 is 0 Å². The Kier molecular flexibility index (Phi) is 2.18. The summed E-state index contributed by atoms with van der Waals surface area (Å²) in [7, 11) is 0. The number of halogens is 2. The Balaban J connectivity index is 2.56. The van der Waals surface area contributed by atoms with E-state index in [2.05, 4.69) is 28.1 Å². The van der Waals surface area contributed by atoms with Crippen LogP contribution < -0.4 is 0 Å². The molecule has 0 aliphatic heterocycles. The normalized spacial score (nSPS) is 11.1. The smallest absolute Gasteiger partial charge is 0.123 e. The van der Waals surface area contributed by atoms with Crippen molar-refractivity contribution in [2.45, 2.75) is 0 Å². The maximum Gasteiger partial charge on any atom is 0.123 e. The Morgan fingerprint density at radius 2 is 1.56 bits per heavy atom. The van der Waals surface area contributed by atoms with Gasteiger partial charge in [0, 0.05) is 4.47 Å². The van der Waals surface area contributed by atoms with E-state index in [1.165, 1.54) is 6.07 Å². The average molecular weight is 275 g/mol. The molecule has 0 aliphatic rings. The molecule has 0 amide bonds. The van der Waals surface area contributed by atoms with Gasteiger partial charge in [-0.05, 0) is 55.7 Å². The minimum atomic E-state index is -0.205. The fourth-order valence-electron chi connectivity index (χ4n) is 1.98. The van der Waals surface area contributed by atoms with Crippen molar-refractivity contribution < 1.29 is 4.39 Å². The first-order chi connectivity index (χ1) is 7.75. The molecule has 0 aromatic heterocycles. The van der Waals surface area contributed by atoms with Gasteiger partial charge in [-0.3, -0.25) is 0 Å². The van der Waals surface area contributed by atoms with Gasteiger partial charge in [-0.2, -0.15) is 0 Å². The van der Waals surface area contributed by atoms with Gasteiger partial charge in [0.25, 0.3) is 0 Å². The molecule has 0 nitrogen and oxygen atoms in total. The zero-order valence-electron chi connectivity index (χ0n) is 8.37. The quantitative estimate of drug-likeness (QED) is 0.512. The summed E-state index contributed by atoms with van der Waals surface area (Å²) in [5, 5.41) is 4.24. The molecule has 0 fully saturated rings. The van der Waals surface area contributed by atoms with Crippen LogP contribution >= 0.6 is 15.9 Å². The molecule has 0 unspecified atom stereocenters. The molecule has 0 aliphatic carbocycles. The Hall–Kier alpha value is -1.41. The second-order valence-electron chi connectivity index (χ2n) is 3.78. The summed E-state index contributed by atoms with van der Waals surface area (Å²) in [6, 6.07) is 15.0. The number of benzene rings is 3. The molecule has 0 N–H and O–H groups in total. The van der Waals surface area contributed by atoms with Gasteiger partial charge in [0.2, 0.25) is 0 Å². The average Bonchev–Trinajstić information content (AvgIpc) is 2.31. The molecule has 78 valence electrons. The van der Waals surface area contributed by atoms with Gasteiger partial charge < -0.3 is 0 Å². The van der Waals surface area contributed by atoms with Crippen LogP contribution in [0.1, 0.15) is 0 Å². The van der Waals surface area contributed by atoms with Crippen LogP contribution in [-0.4, -0.2) is 0 Å². The summed E-state index contributed by atoms with van der Waals surface area (Å²) in [6.45, 7) is 0. The maximum atomic E-state index is 13.2. The Bertz CT molecular complexity index is 689. The predicted octanol–water partition coefficient (Wildman–Crippen LogP) is 4.89. The molecule has 0 saturated heterocycles. The summed E-state index contributed by atoms with van der Waals surface area (Å²) in [5.74, 6) is -0.205. The predicted molar refractivity (Wildman–Crippen MR) is 69.1 cm³/mol. The SMILES string of the molecule is Fc1ccc2cc3ccccc3c(Br)c2c1. The number of hydrogen-bond acceptors (Lipinski definition) is 0. The second kappa shape index (κ2) is 3.56. The van der Waals surface area contributed by atoms with E-state index in [0.29, 0.717) is 0 Å². The molecule has 0 saturated carbocycles. The second-order valence-corrected chi connectivity index (χ2v) is 4.57. The Labute approximate surface area is 101 Å². The number of hydrogen-bond donors (Lipinski definition) is 0. The Morgan fingerprint density at radius 3 is 2.44 bits per heavy atom. The van der Waals surface area contributed by atoms with Gasteiger partial charge in [-0.15, -0.1) is 0 Å². The maximum absolute atomic E-state index is 13.2. The molecule has 16 heavy (non-hydrogen) atoms. The van der Waals surface area contributed by atoms with Crippen LogP contribution in [0.2, 0.25) is 0 Å². The van der Waals surface area contributed by atoms with E-state index in [-0.39, 0.29) is 5.82 Å². The lowest BCUT2D eigenvalue weighted by Gasteiger charge is -2.06. The largest absolute Gasteiger partial charge is 0.207 e. The molecule has 0 bridgehead atoms. The van der Waals surface area contributed by atoms with Crippen LogP contribution in [-0.2, 0) is 0 Å². The highest BCUT2D eigenvalue weighted by Gasteiger charge is 2.05. The van der Waals surface area contributed by atoms with Crippen molar-refractivity contribution in [1.29, 1.82) is 0 Å². The molecule has 0 atom stereocenters. The Morgan fingerprint density at radius 1 is 0.812 bits per heavy atom. The summed E-state index contributed by atoms with van der Waals surface area (Å²) in [5.41, 5.74) is 0. The fraction of sp³-hybridized carbons (Fsp3) is 0. The van der Waals surface area contributed by atoms with Crippen molar-refractivity contribution in [3.8, 4) is 0 Å². The molecular formula is C14H8BrF. The molecule has 0 spiro atoms. The lowest BCUT2D eigenvalue weighted by molar-refractivity contribution is 0.629. The fourth-order valence-corrected chi connectivity index (χ4v) is 2.68. The van der Waals surface area contributed by atoms with Gasteiger partial charge in [0.15, 0.2) is 0 Å². The van der Waals surface area contributed by atoms with E-state index in [0.717, 1.165) is 26.0 Å². The third kappa shape index (κ3) is 1.41. The molecule has 3 aromatic carbocycles. The summed E-state index contributed by atoms with van der Waals surface area (Å²) in [6.07, 6.45) is 0. The van der Waals surface area contributed by atoms with Gasteiger partial charge >= 0.3 is 0 Å². The van der Waals surface area contributed by atoms with E-state index in [9.17, 15) is 4.39 Å². The van der Waals surface area contributed by atoms with Crippen molar-refractivity contribution in [2.75, 3.05) is 0 Å². The van der Waals surface area contributed by atoms with Crippen LogP contribution in [0.25, 0.3) is 21.5 Å². The number of rotatable bonds is 0. The molecule has 0 radical (unpaired) electrons. The van der Waals surface area contributed by atoms with Crippen LogP contribution in [0.4, 0.5) is 4.39 Å². The minimum Gasteiger partial charge on any atom is -0.207 e. The lowest BCUT2D eigenvalue weighted by atomic mass is 10.0. The minimum absolute atomic E-state index is 0.205. The highest BCUT2D eigenvalue weighted by molar-refractivity contribution is 9.10. The first kappa shape index (κ1) is 9.79. The first-order valence-electron chi connectivity index (χ1n) is 5.02. The van der Waals surface area contributed by atoms with Gasteiger partial charge in [-0.25, -0.2) is 4.39 Å². The van der Waals surface area contributed by atoms with E-state index in [1.54, 1.807) is 6.07 Å². The van der Waals surface area contributed by atoms with E-state index >= 15 is 0 Å². The van der Waals surface area contributed by atoms with E-state index in [4.69, 9.17) is 0 Å². The highest BCUT2D eigenvalue weighted by Crippen LogP contribution is 2.32. The van der Waals surface area contributed by atoms with Crippen LogP contribution in [0.15, 0.2) is 53.0 Å². The first-order valence-corrected chi connectivity index (χ1v) is 5.81. The van der Waals surface area contributed by atoms with Gasteiger partial charge in [0.05, 0.1) is 0 Å². The number of fused-ring (bicyclic) bond motifs is 2. The van der Waals surface area contributed by atoms with E-state index in [1.807, 2.05) is 24.3 Å². The zero-order chi connectivity index (χ0) is 11.1. The van der Waals surface area contributed by atoms with Crippen molar-refractivity contribution in [3.63, 3.8) is 0 Å². The highest BCUT2D eigenvalue weighted by atomic mass is 79.9. The third-order valence-corrected chi connectivity index (χ3v) is 3.61. The third-order valence-electron chi connectivity index (χ3n) is 2.76. The van der Waals surface area contributed by atoms with Crippen molar-refractivity contribution in [2.24, 2.45) is 0 Å². The van der Waals surface area contributed by atoms with Crippen molar-refractivity contribution in [1.82, 2.24) is 0 Å². The summed E-state index contributed by atoms with van der Waals surface area (Å²) in [4.78, 5) is 0. The van der Waals surface area contributed by atoms with Gasteiger partial charge in [-0.1, -0.05) is 30.3 Å². The van der Waals surface area contributed by atoms with Gasteiger partial charge in [0.1, 0.15) is 5.82 Å². The topological polar surface area (TPSA) is 0 Å². The van der Waals surface area contributed by atoms with Crippen LogP contribution in [0.3, 0.4) is 0 Å². The lowest BCUT2D eigenvalue weighted by Crippen LogP contribution is -1.81. The molecule has 0 heterocycles. The van der Waals surface area contributed by atoms with Crippen LogP contribution in [0, 0.1) is 5.82 Å². The van der Waals surface area contributed by atoms with Crippen molar-refractivity contribution >= 4 is 37.5 Å². The molecule has 3 rings (SSSR count).